The number of aliphatic hydroxyl groups is 1. The van der Waals surface area contributed by atoms with Gasteiger partial charge in [-0.1, -0.05) is 0 Å². The lowest BCUT2D eigenvalue weighted by Crippen LogP contribution is -2.43. The highest BCUT2D eigenvalue weighted by Gasteiger charge is 2.23. The minimum atomic E-state index is -1.26. The molecule has 76 valence electrons. The first-order valence-electron chi connectivity index (χ1n) is 4.84. The Bertz CT molecular complexity index is 166. The molecule has 1 unspecified atom stereocenters. The van der Waals surface area contributed by atoms with Gasteiger partial charge in [0.1, 0.15) is 0 Å². The Labute approximate surface area is 78.5 Å². The second-order valence-electron chi connectivity index (χ2n) is 3.19. The summed E-state index contributed by atoms with van der Waals surface area (Å²) in [6.07, 6.45) is 1.98. The van der Waals surface area contributed by atoms with Gasteiger partial charge in [0.15, 0.2) is 0 Å². The first kappa shape index (κ1) is 10.5. The zero-order valence-corrected chi connectivity index (χ0v) is 8.03. The molecule has 1 rings (SSSR count). The highest BCUT2D eigenvalue weighted by atomic mass is 16.6. The van der Waals surface area contributed by atoms with Crippen molar-refractivity contribution in [2.24, 2.45) is 0 Å². The molecule has 0 aromatic carbocycles. The predicted octanol–water partition coefficient (Wildman–Crippen LogP) is 0.354. The van der Waals surface area contributed by atoms with Gasteiger partial charge < -0.3 is 14.7 Å². The van der Waals surface area contributed by atoms with E-state index in [2.05, 4.69) is 0 Å². The van der Waals surface area contributed by atoms with Crippen LogP contribution >= 0.6 is 0 Å². The van der Waals surface area contributed by atoms with Crippen molar-refractivity contribution in [1.82, 2.24) is 4.90 Å². The number of aliphatic hydroxyl groups excluding tert-OH is 1. The van der Waals surface area contributed by atoms with E-state index in [9.17, 15) is 9.90 Å². The van der Waals surface area contributed by atoms with Crippen LogP contribution in [0.25, 0.3) is 0 Å². The largest absolute Gasteiger partial charge is 0.361 e. The third-order valence-corrected chi connectivity index (χ3v) is 2.20. The van der Waals surface area contributed by atoms with Crippen LogP contribution in [0.1, 0.15) is 26.2 Å². The van der Waals surface area contributed by atoms with Gasteiger partial charge in [0.25, 0.3) is 5.91 Å². The van der Waals surface area contributed by atoms with Crippen LogP contribution in [0.5, 0.6) is 0 Å². The molecule has 4 nitrogen and oxygen atoms in total. The second kappa shape index (κ2) is 5.19. The Morgan fingerprint density at radius 1 is 1.46 bits per heavy atom. The highest BCUT2D eigenvalue weighted by Crippen LogP contribution is 2.10. The zero-order valence-electron chi connectivity index (χ0n) is 8.03. The molecule has 0 radical (unpaired) electrons. The van der Waals surface area contributed by atoms with Crippen LogP contribution in [0.15, 0.2) is 0 Å². The highest BCUT2D eigenvalue weighted by molar-refractivity contribution is 5.79. The smallest absolute Gasteiger partial charge is 0.279 e. The summed E-state index contributed by atoms with van der Waals surface area (Å²) >= 11 is 0. The van der Waals surface area contributed by atoms with Crippen molar-refractivity contribution in [1.29, 1.82) is 0 Å². The maximum Gasteiger partial charge on any atom is 0.279 e. The summed E-state index contributed by atoms with van der Waals surface area (Å²) in [6, 6.07) is 0. The van der Waals surface area contributed by atoms with Crippen LogP contribution in [0.2, 0.25) is 0 Å². The fourth-order valence-electron chi connectivity index (χ4n) is 1.50. The number of hydrogen-bond donors (Lipinski definition) is 1. The lowest BCUT2D eigenvalue weighted by Gasteiger charge is -2.28. The fourth-order valence-corrected chi connectivity index (χ4v) is 1.50. The molecule has 13 heavy (non-hydrogen) atoms. The van der Waals surface area contributed by atoms with Gasteiger partial charge in [-0.2, -0.15) is 0 Å². The van der Waals surface area contributed by atoms with E-state index in [-0.39, 0.29) is 5.91 Å². The minimum Gasteiger partial charge on any atom is -0.361 e. The maximum absolute atomic E-state index is 11.4. The van der Waals surface area contributed by atoms with Crippen LogP contribution in [-0.4, -0.2) is 41.9 Å². The van der Waals surface area contributed by atoms with Crippen molar-refractivity contribution in [3.8, 4) is 0 Å². The van der Waals surface area contributed by atoms with E-state index in [1.165, 1.54) is 6.42 Å². The predicted molar refractivity (Wildman–Crippen MR) is 48.1 cm³/mol. The molecule has 1 aliphatic heterocycles. The SMILES string of the molecule is CCOC(O)C(=O)N1CCCCC1. The average molecular weight is 187 g/mol. The molecule has 0 spiro atoms. The van der Waals surface area contributed by atoms with E-state index < -0.39 is 6.29 Å². The Balaban J connectivity index is 2.36. The summed E-state index contributed by atoms with van der Waals surface area (Å²) in [6.45, 7) is 3.62. The molecule has 0 aromatic rings. The van der Waals surface area contributed by atoms with Crippen molar-refractivity contribution >= 4 is 5.91 Å². The molecule has 1 amide bonds. The summed E-state index contributed by atoms with van der Waals surface area (Å²) in [5.41, 5.74) is 0. The monoisotopic (exact) mass is 187 g/mol. The van der Waals surface area contributed by atoms with Crippen LogP contribution in [0.4, 0.5) is 0 Å². The molecule has 1 fully saturated rings. The molecule has 1 saturated heterocycles. The van der Waals surface area contributed by atoms with Gasteiger partial charge in [0.05, 0.1) is 0 Å². The molecule has 4 heteroatoms. The van der Waals surface area contributed by atoms with Gasteiger partial charge in [-0.25, -0.2) is 0 Å². The molecule has 0 aliphatic carbocycles. The van der Waals surface area contributed by atoms with Crippen molar-refractivity contribution in [3.05, 3.63) is 0 Å². The van der Waals surface area contributed by atoms with Gasteiger partial charge in [0.2, 0.25) is 6.29 Å². The maximum atomic E-state index is 11.4. The minimum absolute atomic E-state index is 0.290. The molecule has 1 N–H and O–H groups in total. The number of carbonyl (C=O) groups is 1. The number of nitrogens with zero attached hydrogens (tertiary/aromatic N) is 1. The number of ether oxygens (including phenoxy) is 1. The first-order valence-corrected chi connectivity index (χ1v) is 4.84. The van der Waals surface area contributed by atoms with E-state index in [0.29, 0.717) is 6.61 Å². The summed E-state index contributed by atoms with van der Waals surface area (Å²) in [4.78, 5) is 13.1. The van der Waals surface area contributed by atoms with Crippen LogP contribution < -0.4 is 0 Å². The van der Waals surface area contributed by atoms with Gasteiger partial charge in [-0.3, -0.25) is 4.79 Å². The second-order valence-corrected chi connectivity index (χ2v) is 3.19. The molecule has 1 aliphatic rings. The summed E-state index contributed by atoms with van der Waals surface area (Å²) < 4.78 is 4.82. The number of amides is 1. The number of likely N-dealkylation sites (tertiary alicyclic amines) is 1. The molecule has 0 bridgehead atoms. The Hall–Kier alpha value is -0.610. The van der Waals surface area contributed by atoms with Crippen LogP contribution in [0, 0.1) is 0 Å². The Kier molecular flexibility index (Phi) is 4.18. The van der Waals surface area contributed by atoms with Gasteiger partial charge in [-0.05, 0) is 26.2 Å². The molecular formula is C9H17NO3. The quantitative estimate of drug-likeness (QED) is 0.649. The lowest BCUT2D eigenvalue weighted by atomic mass is 10.1. The molecule has 0 saturated carbocycles. The van der Waals surface area contributed by atoms with Crippen molar-refractivity contribution in [3.63, 3.8) is 0 Å². The molecule has 0 aromatic heterocycles. The Morgan fingerprint density at radius 3 is 2.62 bits per heavy atom. The lowest BCUT2D eigenvalue weighted by molar-refractivity contribution is -0.169. The first-order chi connectivity index (χ1) is 6.25. The molecular weight excluding hydrogens is 170 g/mol. The average Bonchev–Trinajstić information content (AvgIpc) is 2.18. The van der Waals surface area contributed by atoms with E-state index in [0.717, 1.165) is 25.9 Å². The van der Waals surface area contributed by atoms with Crippen molar-refractivity contribution < 1.29 is 14.6 Å². The van der Waals surface area contributed by atoms with Gasteiger partial charge in [0, 0.05) is 19.7 Å². The summed E-state index contributed by atoms with van der Waals surface area (Å²) in [7, 11) is 0. The van der Waals surface area contributed by atoms with E-state index >= 15 is 0 Å². The normalized spacial score (nSPS) is 20.0. The van der Waals surface area contributed by atoms with Crippen molar-refractivity contribution in [2.45, 2.75) is 32.5 Å². The van der Waals surface area contributed by atoms with Gasteiger partial charge >= 0.3 is 0 Å². The standard InChI is InChI=1S/C9H17NO3/c1-2-13-9(12)8(11)10-6-4-3-5-7-10/h9,12H,2-7H2,1H3. The third kappa shape index (κ3) is 2.97. The number of carbonyl (C=O) groups excluding carboxylic acids is 1. The molecule has 1 atom stereocenters. The van der Waals surface area contributed by atoms with E-state index in [4.69, 9.17) is 4.74 Å². The topological polar surface area (TPSA) is 49.8 Å². The van der Waals surface area contributed by atoms with Crippen LogP contribution in [-0.2, 0) is 9.53 Å². The summed E-state index contributed by atoms with van der Waals surface area (Å²) in [5, 5.41) is 9.26. The van der Waals surface area contributed by atoms with Gasteiger partial charge in [-0.15, -0.1) is 0 Å². The fraction of sp³-hybridized carbons (Fsp3) is 0.889. The number of hydrogen-bond acceptors (Lipinski definition) is 3. The van der Waals surface area contributed by atoms with Crippen molar-refractivity contribution in [2.75, 3.05) is 19.7 Å². The van der Waals surface area contributed by atoms with Crippen LogP contribution in [0.3, 0.4) is 0 Å². The van der Waals surface area contributed by atoms with E-state index in [1.54, 1.807) is 11.8 Å². The molecule has 1 heterocycles. The Morgan fingerprint density at radius 2 is 2.08 bits per heavy atom. The zero-order chi connectivity index (χ0) is 9.68. The third-order valence-electron chi connectivity index (χ3n) is 2.20. The van der Waals surface area contributed by atoms with E-state index in [1.807, 2.05) is 0 Å². The number of piperidine rings is 1. The summed E-state index contributed by atoms with van der Waals surface area (Å²) in [5.74, 6) is -0.290. The number of rotatable bonds is 3.